The van der Waals surface area contributed by atoms with Crippen molar-refractivity contribution >= 4 is 28.3 Å². The maximum Gasteiger partial charge on any atom is 0.272 e. The summed E-state index contributed by atoms with van der Waals surface area (Å²) in [5.41, 5.74) is 0.635. The smallest absolute Gasteiger partial charge is 0.272 e. The van der Waals surface area contributed by atoms with Crippen molar-refractivity contribution in [1.82, 2.24) is 15.5 Å². The van der Waals surface area contributed by atoms with Gasteiger partial charge in [0.15, 0.2) is 0 Å². The lowest BCUT2D eigenvalue weighted by molar-refractivity contribution is 0.0947. The Balaban J connectivity index is 1.87. The fraction of sp³-hybridized carbons (Fsp3) is 0.118. The minimum Gasteiger partial charge on any atom is -0.496 e. The number of carbonyl (C=O) groups excluding carboxylic acids is 1. The number of benzene rings is 2. The van der Waals surface area contributed by atoms with Gasteiger partial charge in [0.25, 0.3) is 11.5 Å². The van der Waals surface area contributed by atoms with Gasteiger partial charge in [-0.25, -0.2) is 5.10 Å². The molecule has 0 bridgehead atoms. The molecule has 6 nitrogen and oxygen atoms in total. The van der Waals surface area contributed by atoms with Gasteiger partial charge in [-0.15, -0.1) is 0 Å². The second-order valence-corrected chi connectivity index (χ2v) is 5.51. The molecule has 0 unspecified atom stereocenters. The van der Waals surface area contributed by atoms with Crippen LogP contribution in [0.2, 0.25) is 5.02 Å². The number of halogens is 1. The molecule has 0 aliphatic carbocycles. The molecule has 1 amide bonds. The molecule has 1 heterocycles. The molecular formula is C17H14ClN3O3. The number of aromatic nitrogens is 2. The van der Waals surface area contributed by atoms with E-state index in [-0.39, 0.29) is 18.0 Å². The standard InChI is InChI=1S/C17H14ClN3O3/c1-24-15-7-6-10(18)8-13(15)16(22)19-9-14-11-4-2-3-5-12(11)17(23)21-20-14/h2-8H,9H2,1H3,(H,19,22)(H,21,23). The molecule has 0 aliphatic heterocycles. The lowest BCUT2D eigenvalue weighted by atomic mass is 10.1. The van der Waals surface area contributed by atoms with E-state index in [1.165, 1.54) is 13.2 Å². The number of hydrogen-bond donors (Lipinski definition) is 2. The number of carbonyl (C=O) groups is 1. The van der Waals surface area contributed by atoms with E-state index in [1.807, 2.05) is 6.07 Å². The number of nitrogens with one attached hydrogen (secondary N) is 2. The molecule has 24 heavy (non-hydrogen) atoms. The van der Waals surface area contributed by atoms with Crippen LogP contribution in [0.1, 0.15) is 16.1 Å². The molecule has 2 aromatic carbocycles. The molecule has 2 N–H and O–H groups in total. The number of methoxy groups -OCH3 is 1. The summed E-state index contributed by atoms with van der Waals surface area (Å²) in [6, 6.07) is 11.9. The predicted molar refractivity (Wildman–Crippen MR) is 91.5 cm³/mol. The molecule has 0 saturated carbocycles. The van der Waals surface area contributed by atoms with E-state index < -0.39 is 0 Å². The van der Waals surface area contributed by atoms with E-state index >= 15 is 0 Å². The molecular weight excluding hydrogens is 330 g/mol. The van der Waals surface area contributed by atoms with Crippen molar-refractivity contribution in [3.8, 4) is 5.75 Å². The lowest BCUT2D eigenvalue weighted by Crippen LogP contribution is -2.25. The van der Waals surface area contributed by atoms with Crippen molar-refractivity contribution in [2.75, 3.05) is 7.11 Å². The topological polar surface area (TPSA) is 84.1 Å². The van der Waals surface area contributed by atoms with Gasteiger partial charge < -0.3 is 10.1 Å². The SMILES string of the molecule is COc1ccc(Cl)cc1C(=O)NCc1n[nH]c(=O)c2ccccc12. The summed E-state index contributed by atoms with van der Waals surface area (Å²) in [5.74, 6) is 0.0858. The van der Waals surface area contributed by atoms with Crippen molar-refractivity contribution in [3.05, 3.63) is 69.1 Å². The largest absolute Gasteiger partial charge is 0.496 e. The maximum atomic E-state index is 12.4. The number of nitrogens with zero attached hydrogens (tertiary/aromatic N) is 1. The Morgan fingerprint density at radius 2 is 2.00 bits per heavy atom. The van der Waals surface area contributed by atoms with Crippen LogP contribution in [0.15, 0.2) is 47.3 Å². The third kappa shape index (κ3) is 3.09. The highest BCUT2D eigenvalue weighted by Crippen LogP contribution is 2.22. The predicted octanol–water partition coefficient (Wildman–Crippen LogP) is 2.52. The fourth-order valence-electron chi connectivity index (χ4n) is 2.42. The highest BCUT2D eigenvalue weighted by molar-refractivity contribution is 6.31. The zero-order valence-electron chi connectivity index (χ0n) is 12.8. The Hall–Kier alpha value is -2.86. The minimum absolute atomic E-state index is 0.159. The van der Waals surface area contributed by atoms with Crippen LogP contribution in [0.3, 0.4) is 0 Å². The molecule has 1 aromatic heterocycles. The van der Waals surface area contributed by atoms with Crippen molar-refractivity contribution in [1.29, 1.82) is 0 Å². The van der Waals surface area contributed by atoms with Crippen LogP contribution in [0.25, 0.3) is 10.8 Å². The summed E-state index contributed by atoms with van der Waals surface area (Å²) in [7, 11) is 1.48. The molecule has 3 rings (SSSR count). The first kappa shape index (κ1) is 16.0. The quantitative estimate of drug-likeness (QED) is 0.762. The Morgan fingerprint density at radius 3 is 2.75 bits per heavy atom. The van der Waals surface area contributed by atoms with Crippen LogP contribution in [0, 0.1) is 0 Å². The first-order valence-corrected chi connectivity index (χ1v) is 7.56. The number of H-pyrrole nitrogens is 1. The molecule has 0 aliphatic rings. The number of fused-ring (bicyclic) bond motifs is 1. The van der Waals surface area contributed by atoms with Crippen LogP contribution in [0.5, 0.6) is 5.75 Å². The summed E-state index contributed by atoms with van der Waals surface area (Å²) in [6.45, 7) is 0.159. The van der Waals surface area contributed by atoms with E-state index in [2.05, 4.69) is 15.5 Å². The molecule has 0 radical (unpaired) electrons. The van der Waals surface area contributed by atoms with Crippen LogP contribution in [-0.2, 0) is 6.54 Å². The summed E-state index contributed by atoms with van der Waals surface area (Å²) in [4.78, 5) is 24.2. The normalized spacial score (nSPS) is 10.6. The van der Waals surface area contributed by atoms with Crippen LogP contribution >= 0.6 is 11.6 Å². The first-order chi connectivity index (χ1) is 11.6. The lowest BCUT2D eigenvalue weighted by Gasteiger charge is -2.10. The maximum absolute atomic E-state index is 12.4. The second-order valence-electron chi connectivity index (χ2n) is 5.07. The first-order valence-electron chi connectivity index (χ1n) is 7.18. The molecule has 0 saturated heterocycles. The zero-order chi connectivity index (χ0) is 17.1. The van der Waals surface area contributed by atoms with Gasteiger partial charge >= 0.3 is 0 Å². The van der Waals surface area contributed by atoms with E-state index in [0.717, 1.165) is 0 Å². The van der Waals surface area contributed by atoms with Gasteiger partial charge in [-0.2, -0.15) is 5.10 Å². The van der Waals surface area contributed by atoms with Gasteiger partial charge in [0.05, 0.1) is 30.3 Å². The van der Waals surface area contributed by atoms with Gasteiger partial charge in [0.2, 0.25) is 0 Å². The Labute approximate surface area is 142 Å². The van der Waals surface area contributed by atoms with E-state index in [1.54, 1.807) is 30.3 Å². The summed E-state index contributed by atoms with van der Waals surface area (Å²) >= 11 is 5.94. The van der Waals surface area contributed by atoms with E-state index in [9.17, 15) is 9.59 Å². The molecule has 3 aromatic rings. The van der Waals surface area contributed by atoms with Crippen LogP contribution in [-0.4, -0.2) is 23.2 Å². The van der Waals surface area contributed by atoms with Crippen molar-refractivity contribution in [3.63, 3.8) is 0 Å². The molecule has 7 heteroatoms. The molecule has 0 spiro atoms. The average Bonchev–Trinajstić information content (AvgIpc) is 2.61. The number of rotatable bonds is 4. The van der Waals surface area contributed by atoms with Gasteiger partial charge in [-0.05, 0) is 24.3 Å². The van der Waals surface area contributed by atoms with Gasteiger partial charge in [-0.1, -0.05) is 29.8 Å². The van der Waals surface area contributed by atoms with Crippen molar-refractivity contribution < 1.29 is 9.53 Å². The summed E-state index contributed by atoms with van der Waals surface area (Å²) in [6.07, 6.45) is 0. The summed E-state index contributed by atoms with van der Waals surface area (Å²) < 4.78 is 5.18. The number of aromatic amines is 1. The second kappa shape index (κ2) is 6.72. The minimum atomic E-state index is -0.341. The van der Waals surface area contributed by atoms with Crippen molar-refractivity contribution in [2.45, 2.75) is 6.54 Å². The third-order valence-electron chi connectivity index (χ3n) is 3.60. The monoisotopic (exact) mass is 343 g/mol. The Bertz CT molecular complexity index is 969. The van der Waals surface area contributed by atoms with Crippen LogP contribution in [0.4, 0.5) is 0 Å². The molecule has 0 atom stereocenters. The molecule has 122 valence electrons. The van der Waals surface area contributed by atoms with E-state index in [4.69, 9.17) is 16.3 Å². The van der Waals surface area contributed by atoms with E-state index in [0.29, 0.717) is 32.8 Å². The number of amides is 1. The highest BCUT2D eigenvalue weighted by atomic mass is 35.5. The van der Waals surface area contributed by atoms with Crippen molar-refractivity contribution in [2.24, 2.45) is 0 Å². The molecule has 0 fully saturated rings. The third-order valence-corrected chi connectivity index (χ3v) is 3.83. The summed E-state index contributed by atoms with van der Waals surface area (Å²) in [5, 5.41) is 10.9. The van der Waals surface area contributed by atoms with Gasteiger partial charge in [0.1, 0.15) is 5.75 Å². The number of ether oxygens (including phenoxy) is 1. The zero-order valence-corrected chi connectivity index (χ0v) is 13.6. The average molecular weight is 344 g/mol. The fourth-order valence-corrected chi connectivity index (χ4v) is 2.60. The van der Waals surface area contributed by atoms with Crippen LogP contribution < -0.4 is 15.6 Å². The number of hydrogen-bond acceptors (Lipinski definition) is 4. The highest BCUT2D eigenvalue weighted by Gasteiger charge is 2.14. The van der Waals surface area contributed by atoms with Gasteiger partial charge in [-0.3, -0.25) is 9.59 Å². The Kier molecular flexibility index (Phi) is 4.48. The Morgan fingerprint density at radius 1 is 1.25 bits per heavy atom. The van der Waals surface area contributed by atoms with Gasteiger partial charge in [0, 0.05) is 10.4 Å².